The summed E-state index contributed by atoms with van der Waals surface area (Å²) in [6.07, 6.45) is 7.29. The van der Waals surface area contributed by atoms with Gasteiger partial charge in [-0.3, -0.25) is 0 Å². The maximum atomic E-state index is 12.6. The van der Waals surface area contributed by atoms with Gasteiger partial charge in [-0.05, 0) is 66.5 Å². The molecule has 0 bridgehead atoms. The number of ether oxygens (including phenoxy) is 1. The van der Waals surface area contributed by atoms with Crippen molar-refractivity contribution in [2.75, 3.05) is 12.9 Å². The molecule has 1 atom stereocenters. The average Bonchev–Trinajstić information content (AvgIpc) is 3.02. The zero-order valence-corrected chi connectivity index (χ0v) is 18.0. The Bertz CT molecular complexity index is 1040. The number of halogens is 1. The van der Waals surface area contributed by atoms with E-state index in [1.165, 1.54) is 35.6 Å². The monoisotopic (exact) mass is 443 g/mol. The summed E-state index contributed by atoms with van der Waals surface area (Å²) in [6.45, 7) is 2.06. The molecule has 1 aromatic heterocycles. The molecule has 1 aromatic carbocycles. The van der Waals surface area contributed by atoms with Crippen LogP contribution in [-0.2, 0) is 31.9 Å². The van der Waals surface area contributed by atoms with Crippen molar-refractivity contribution in [2.45, 2.75) is 28.9 Å². The minimum atomic E-state index is -3.83. The summed E-state index contributed by atoms with van der Waals surface area (Å²) in [6, 6.07) is 5.91. The summed E-state index contributed by atoms with van der Waals surface area (Å²) in [7, 11) is -4.76. The number of esters is 1. The van der Waals surface area contributed by atoms with Gasteiger partial charge in [0.05, 0.1) is 15.7 Å². The number of thiophene rings is 1. The van der Waals surface area contributed by atoms with E-state index in [1.54, 1.807) is 13.2 Å². The van der Waals surface area contributed by atoms with E-state index in [1.807, 2.05) is 12.2 Å². The van der Waals surface area contributed by atoms with Crippen molar-refractivity contribution in [2.24, 2.45) is 3.77 Å². The van der Waals surface area contributed by atoms with Crippen molar-refractivity contribution >= 4 is 55.7 Å². The van der Waals surface area contributed by atoms with Crippen LogP contribution < -0.4 is 0 Å². The molecule has 9 heteroatoms. The lowest BCUT2D eigenvalue weighted by molar-refractivity contribution is 0.0531. The smallest absolute Gasteiger partial charge is 0.348 e. The minimum Gasteiger partial charge on any atom is -0.462 e. The van der Waals surface area contributed by atoms with Crippen LogP contribution in [0.5, 0.6) is 0 Å². The van der Waals surface area contributed by atoms with E-state index in [-0.39, 0.29) is 10.9 Å². The van der Waals surface area contributed by atoms with Crippen LogP contribution in [0.25, 0.3) is 6.08 Å². The SMILES string of the molecule is CCOC(=O)c1sc([S@](C)=NS(=O)(=O)c2ccc(Cl)cc2)c2c1CCC=C2. The molecular formula is C18H18ClNO4S3. The van der Waals surface area contributed by atoms with Crippen molar-refractivity contribution in [3.8, 4) is 0 Å². The number of hydrogen-bond acceptors (Lipinski definition) is 5. The van der Waals surface area contributed by atoms with Crippen LogP contribution in [0.2, 0.25) is 5.02 Å². The van der Waals surface area contributed by atoms with Crippen LogP contribution in [-0.4, -0.2) is 27.2 Å². The molecule has 1 aliphatic rings. The van der Waals surface area contributed by atoms with Crippen LogP contribution >= 0.6 is 22.9 Å². The van der Waals surface area contributed by atoms with Gasteiger partial charge in [-0.15, -0.1) is 15.1 Å². The van der Waals surface area contributed by atoms with Crippen LogP contribution in [0.15, 0.2) is 43.2 Å². The highest BCUT2D eigenvalue weighted by molar-refractivity contribution is 8.00. The molecule has 1 aliphatic carbocycles. The molecule has 5 nitrogen and oxygen atoms in total. The minimum absolute atomic E-state index is 0.0952. The van der Waals surface area contributed by atoms with Gasteiger partial charge in [0, 0.05) is 10.6 Å². The van der Waals surface area contributed by atoms with Crippen LogP contribution in [0.3, 0.4) is 0 Å². The van der Waals surface area contributed by atoms with Gasteiger partial charge in [0.1, 0.15) is 4.88 Å². The molecule has 0 saturated carbocycles. The fourth-order valence-electron chi connectivity index (χ4n) is 2.71. The number of rotatable bonds is 5. The number of hydrogen-bond donors (Lipinski definition) is 0. The summed E-state index contributed by atoms with van der Waals surface area (Å²) in [5.74, 6) is -0.363. The Morgan fingerprint density at radius 2 is 2.04 bits per heavy atom. The predicted molar refractivity (Wildman–Crippen MR) is 110 cm³/mol. The second-order valence-electron chi connectivity index (χ2n) is 5.75. The number of fused-ring (bicyclic) bond motifs is 1. The topological polar surface area (TPSA) is 72.8 Å². The Hall–Kier alpha value is -1.48. The van der Waals surface area contributed by atoms with Gasteiger partial charge in [-0.2, -0.15) is 8.42 Å². The number of carbonyl (C=O) groups excluding carboxylic acids is 1. The Balaban J connectivity index is 2.05. The van der Waals surface area contributed by atoms with Crippen LogP contribution in [0.1, 0.15) is 34.1 Å². The molecule has 0 saturated heterocycles. The second kappa shape index (κ2) is 8.26. The van der Waals surface area contributed by atoms with Crippen molar-refractivity contribution < 1.29 is 17.9 Å². The summed E-state index contributed by atoms with van der Waals surface area (Å²) < 4.78 is 35.3. The number of sulfonamides is 1. The summed E-state index contributed by atoms with van der Waals surface area (Å²) in [5.41, 5.74) is 1.82. The third kappa shape index (κ3) is 4.34. The molecule has 0 amide bonds. The third-order valence-corrected chi connectivity index (χ3v) is 9.46. The van der Waals surface area contributed by atoms with Gasteiger partial charge >= 0.3 is 5.97 Å². The Kier molecular flexibility index (Phi) is 6.20. The lowest BCUT2D eigenvalue weighted by Crippen LogP contribution is -2.06. The number of carbonyl (C=O) groups is 1. The van der Waals surface area contributed by atoms with E-state index >= 15 is 0 Å². The van der Waals surface area contributed by atoms with E-state index in [2.05, 4.69) is 3.77 Å². The van der Waals surface area contributed by atoms with E-state index in [0.717, 1.165) is 28.2 Å². The first kappa shape index (κ1) is 20.3. The number of allylic oxidation sites excluding steroid dienone is 1. The van der Waals surface area contributed by atoms with Gasteiger partial charge in [0.15, 0.2) is 0 Å². The highest BCUT2D eigenvalue weighted by Gasteiger charge is 2.25. The summed E-state index contributed by atoms with van der Waals surface area (Å²) >= 11 is 7.10. The average molecular weight is 444 g/mol. The largest absolute Gasteiger partial charge is 0.462 e. The van der Waals surface area contributed by atoms with Crippen molar-refractivity contribution in [1.82, 2.24) is 0 Å². The Morgan fingerprint density at radius 1 is 1.33 bits per heavy atom. The maximum absolute atomic E-state index is 12.6. The third-order valence-electron chi connectivity index (χ3n) is 3.91. The van der Waals surface area contributed by atoms with Crippen molar-refractivity contribution in [3.05, 3.63) is 51.4 Å². The first-order valence-corrected chi connectivity index (χ1v) is 12.4. The lowest BCUT2D eigenvalue weighted by Gasteiger charge is -2.09. The molecule has 0 radical (unpaired) electrons. The lowest BCUT2D eigenvalue weighted by atomic mass is 10.00. The van der Waals surface area contributed by atoms with Gasteiger partial charge in [0.25, 0.3) is 10.0 Å². The second-order valence-corrected chi connectivity index (χ2v) is 10.9. The van der Waals surface area contributed by atoms with Gasteiger partial charge in [0.2, 0.25) is 0 Å². The van der Waals surface area contributed by atoms with Crippen molar-refractivity contribution in [3.63, 3.8) is 0 Å². The molecule has 0 N–H and O–H groups in total. The van der Waals surface area contributed by atoms with Gasteiger partial charge in [-0.25, -0.2) is 4.79 Å². The Morgan fingerprint density at radius 3 is 2.70 bits per heavy atom. The summed E-state index contributed by atoms with van der Waals surface area (Å²) in [4.78, 5) is 12.9. The quantitative estimate of drug-likeness (QED) is 0.627. The van der Waals surface area contributed by atoms with E-state index in [0.29, 0.717) is 16.5 Å². The standard InChI is InChI=1S/C18H18ClNO4S3/c1-3-24-17(21)16-14-6-4-5-7-15(14)18(25-16)26(2)20-27(22,23)13-10-8-12(19)9-11-13/h5,7-11H,3-4,6H2,1-2H3/t26-/m0/s1. The number of benzene rings is 1. The molecule has 0 fully saturated rings. The zero-order valence-electron chi connectivity index (χ0n) is 14.8. The maximum Gasteiger partial charge on any atom is 0.348 e. The summed E-state index contributed by atoms with van der Waals surface area (Å²) in [5, 5.41) is 0.459. The fraction of sp³-hybridized carbons (Fsp3) is 0.278. The molecular weight excluding hydrogens is 426 g/mol. The molecule has 144 valence electrons. The molecule has 2 aromatic rings. The molecule has 0 spiro atoms. The molecule has 3 rings (SSSR count). The Labute approximate surface area is 170 Å². The van der Waals surface area contributed by atoms with Gasteiger partial charge < -0.3 is 4.74 Å². The first-order chi connectivity index (χ1) is 12.8. The molecule has 27 heavy (non-hydrogen) atoms. The predicted octanol–water partition coefficient (Wildman–Crippen LogP) is 4.72. The molecule has 0 unspecified atom stereocenters. The fourth-order valence-corrected chi connectivity index (χ4v) is 7.59. The van der Waals surface area contributed by atoms with Gasteiger partial charge in [-0.1, -0.05) is 23.8 Å². The van der Waals surface area contributed by atoms with E-state index in [4.69, 9.17) is 16.3 Å². The van der Waals surface area contributed by atoms with Crippen LogP contribution in [0, 0.1) is 0 Å². The van der Waals surface area contributed by atoms with Crippen LogP contribution in [0.4, 0.5) is 0 Å². The van der Waals surface area contributed by atoms with Crippen molar-refractivity contribution in [1.29, 1.82) is 0 Å². The molecule has 0 aliphatic heterocycles. The first-order valence-electron chi connectivity index (χ1n) is 8.22. The van der Waals surface area contributed by atoms with E-state index in [9.17, 15) is 13.2 Å². The number of nitrogens with zero attached hydrogens (tertiary/aromatic N) is 1. The van der Waals surface area contributed by atoms with E-state index < -0.39 is 20.7 Å². The highest BCUT2D eigenvalue weighted by atomic mass is 35.5. The molecule has 1 heterocycles. The normalized spacial score (nSPS) is 14.8. The zero-order chi connectivity index (χ0) is 19.6. The highest BCUT2D eigenvalue weighted by Crippen LogP contribution is 2.37.